The first-order valence-corrected chi connectivity index (χ1v) is 9.00. The van der Waals surface area contributed by atoms with Gasteiger partial charge in [-0.25, -0.2) is 4.79 Å². The van der Waals surface area contributed by atoms with E-state index < -0.39 is 11.4 Å². The van der Waals surface area contributed by atoms with Crippen molar-refractivity contribution in [1.82, 2.24) is 0 Å². The van der Waals surface area contributed by atoms with Gasteiger partial charge in [-0.3, -0.25) is 4.79 Å². The van der Waals surface area contributed by atoms with Gasteiger partial charge in [0.15, 0.2) is 5.76 Å². The number of esters is 1. The van der Waals surface area contributed by atoms with Crippen molar-refractivity contribution < 1.29 is 18.4 Å². The molecule has 0 atom stereocenters. The second kappa shape index (κ2) is 7.19. The van der Waals surface area contributed by atoms with Crippen molar-refractivity contribution in [2.24, 2.45) is 0 Å². The van der Waals surface area contributed by atoms with Crippen molar-refractivity contribution >= 4 is 16.9 Å². The van der Waals surface area contributed by atoms with Gasteiger partial charge in [-0.05, 0) is 54.8 Å². The number of hydrogen-bond donors (Lipinski definition) is 0. The van der Waals surface area contributed by atoms with E-state index in [4.69, 9.17) is 13.6 Å². The summed E-state index contributed by atoms with van der Waals surface area (Å²) in [6.45, 7) is 3.81. The van der Waals surface area contributed by atoms with Crippen LogP contribution in [-0.2, 0) is 6.42 Å². The first-order chi connectivity index (χ1) is 13.6. The highest BCUT2D eigenvalue weighted by Gasteiger charge is 2.23. The Hall–Kier alpha value is -3.60. The quantitative estimate of drug-likeness (QED) is 0.463. The van der Waals surface area contributed by atoms with Gasteiger partial charge in [-0.15, -0.1) is 0 Å². The lowest BCUT2D eigenvalue weighted by molar-refractivity contribution is 0.0730. The largest absolute Gasteiger partial charge is 0.461 e. The van der Waals surface area contributed by atoms with E-state index in [1.54, 1.807) is 49.4 Å². The van der Waals surface area contributed by atoms with Crippen LogP contribution < -0.4 is 10.2 Å². The zero-order valence-electron chi connectivity index (χ0n) is 15.5. The summed E-state index contributed by atoms with van der Waals surface area (Å²) in [6, 6.07) is 15.8. The maximum absolute atomic E-state index is 13.2. The van der Waals surface area contributed by atoms with E-state index in [0.29, 0.717) is 22.3 Å². The molecular formula is C23H18O5. The third kappa shape index (κ3) is 3.11. The van der Waals surface area contributed by atoms with E-state index in [2.05, 4.69) is 0 Å². The molecule has 0 fully saturated rings. The maximum atomic E-state index is 13.2. The summed E-state index contributed by atoms with van der Waals surface area (Å²) in [6.07, 6.45) is 2.24. The van der Waals surface area contributed by atoms with Crippen molar-refractivity contribution in [2.75, 3.05) is 0 Å². The standard InChI is InChI=1S/C23H18O5/c1-3-15-10-11-18-17(13-15)20(24)22(21(27-18)19-9-6-12-26-19)28-23(25)16-8-5-4-7-14(16)2/h4-13H,3H2,1-2H3. The Kier molecular flexibility index (Phi) is 4.57. The summed E-state index contributed by atoms with van der Waals surface area (Å²) in [5.74, 6) is -0.395. The molecule has 5 heteroatoms. The minimum atomic E-state index is -0.621. The highest BCUT2D eigenvalue weighted by molar-refractivity contribution is 5.94. The molecule has 2 heterocycles. The number of aryl methyl sites for hydroxylation is 2. The summed E-state index contributed by atoms with van der Waals surface area (Å²) in [5.41, 5.74) is 2.12. The number of fused-ring (bicyclic) bond motifs is 1. The van der Waals surface area contributed by atoms with Crippen molar-refractivity contribution in [1.29, 1.82) is 0 Å². The Balaban J connectivity index is 1.91. The molecule has 0 aliphatic carbocycles. The van der Waals surface area contributed by atoms with Gasteiger partial charge < -0.3 is 13.6 Å². The zero-order chi connectivity index (χ0) is 19.7. The van der Waals surface area contributed by atoms with Gasteiger partial charge in [-0.1, -0.05) is 31.2 Å². The zero-order valence-corrected chi connectivity index (χ0v) is 15.5. The van der Waals surface area contributed by atoms with Crippen molar-refractivity contribution in [2.45, 2.75) is 20.3 Å². The third-order valence-corrected chi connectivity index (χ3v) is 4.63. The van der Waals surface area contributed by atoms with E-state index >= 15 is 0 Å². The predicted octanol–water partition coefficient (Wildman–Crippen LogP) is 5.14. The van der Waals surface area contributed by atoms with Crippen LogP contribution >= 0.6 is 0 Å². The molecule has 0 unspecified atom stereocenters. The Morgan fingerprint density at radius 2 is 1.89 bits per heavy atom. The minimum absolute atomic E-state index is 0.0914. The Bertz CT molecular complexity index is 1220. The average molecular weight is 374 g/mol. The molecule has 4 rings (SSSR count). The average Bonchev–Trinajstić information content (AvgIpc) is 3.24. The smallest absolute Gasteiger partial charge is 0.344 e. The van der Waals surface area contributed by atoms with Crippen molar-refractivity contribution in [3.63, 3.8) is 0 Å². The number of benzene rings is 2. The Morgan fingerprint density at radius 3 is 2.61 bits per heavy atom. The molecule has 0 spiro atoms. The van der Waals surface area contributed by atoms with Gasteiger partial charge in [0.1, 0.15) is 5.58 Å². The Morgan fingerprint density at radius 1 is 1.07 bits per heavy atom. The number of carbonyl (C=O) groups excluding carboxylic acids is 1. The van der Waals surface area contributed by atoms with Crippen molar-refractivity contribution in [3.05, 3.63) is 87.8 Å². The van der Waals surface area contributed by atoms with E-state index in [1.165, 1.54) is 6.26 Å². The molecular weight excluding hydrogens is 356 g/mol. The van der Waals surface area contributed by atoms with Crippen molar-refractivity contribution in [3.8, 4) is 17.3 Å². The molecule has 0 bridgehead atoms. The van der Waals surface area contributed by atoms with Gasteiger partial charge in [0.2, 0.25) is 16.9 Å². The van der Waals surface area contributed by atoms with Crippen LogP contribution in [0, 0.1) is 6.92 Å². The van der Waals surface area contributed by atoms with Gasteiger partial charge in [0.25, 0.3) is 0 Å². The molecule has 2 aromatic carbocycles. The lowest BCUT2D eigenvalue weighted by atomic mass is 10.1. The lowest BCUT2D eigenvalue weighted by Gasteiger charge is -2.10. The first kappa shape index (κ1) is 17.8. The number of rotatable bonds is 4. The van der Waals surface area contributed by atoms with Crippen LogP contribution in [-0.4, -0.2) is 5.97 Å². The summed E-state index contributed by atoms with van der Waals surface area (Å²) in [7, 11) is 0. The van der Waals surface area contributed by atoms with Crippen LogP contribution in [0.15, 0.2) is 74.5 Å². The van der Waals surface area contributed by atoms with E-state index in [9.17, 15) is 9.59 Å². The fourth-order valence-corrected chi connectivity index (χ4v) is 3.06. The lowest BCUT2D eigenvalue weighted by Crippen LogP contribution is -2.17. The van der Waals surface area contributed by atoms with Crippen LogP contribution in [0.5, 0.6) is 5.75 Å². The highest BCUT2D eigenvalue weighted by Crippen LogP contribution is 2.32. The molecule has 2 aromatic heterocycles. The van der Waals surface area contributed by atoms with E-state index in [-0.39, 0.29) is 11.5 Å². The molecule has 0 N–H and O–H groups in total. The second-order valence-corrected chi connectivity index (χ2v) is 6.46. The molecule has 0 radical (unpaired) electrons. The molecule has 28 heavy (non-hydrogen) atoms. The van der Waals surface area contributed by atoms with Gasteiger partial charge in [-0.2, -0.15) is 0 Å². The minimum Gasteiger partial charge on any atom is -0.461 e. The number of furan rings is 1. The number of carbonyl (C=O) groups is 1. The summed E-state index contributed by atoms with van der Waals surface area (Å²) in [4.78, 5) is 25.9. The Labute approximate surface area is 161 Å². The normalized spacial score (nSPS) is 10.9. The molecule has 0 aliphatic heterocycles. The first-order valence-electron chi connectivity index (χ1n) is 9.00. The number of ether oxygens (including phenoxy) is 1. The van der Waals surface area contributed by atoms with E-state index in [1.807, 2.05) is 19.1 Å². The van der Waals surface area contributed by atoms with Gasteiger partial charge in [0.05, 0.1) is 17.2 Å². The molecule has 0 saturated heterocycles. The monoisotopic (exact) mass is 374 g/mol. The predicted molar refractivity (Wildman–Crippen MR) is 106 cm³/mol. The molecule has 0 saturated carbocycles. The molecule has 0 aliphatic rings. The number of hydrogen-bond acceptors (Lipinski definition) is 5. The van der Waals surface area contributed by atoms with Crippen LogP contribution in [0.2, 0.25) is 0 Å². The fourth-order valence-electron chi connectivity index (χ4n) is 3.06. The van der Waals surface area contributed by atoms with Crippen LogP contribution in [0.1, 0.15) is 28.4 Å². The maximum Gasteiger partial charge on any atom is 0.344 e. The third-order valence-electron chi connectivity index (χ3n) is 4.63. The molecule has 4 aromatic rings. The molecule has 0 amide bonds. The fraction of sp³-hybridized carbons (Fsp3) is 0.130. The van der Waals surface area contributed by atoms with Crippen LogP contribution in [0.4, 0.5) is 0 Å². The SMILES string of the molecule is CCc1ccc2oc(-c3ccco3)c(OC(=O)c3ccccc3C)c(=O)c2c1. The second-order valence-electron chi connectivity index (χ2n) is 6.46. The topological polar surface area (TPSA) is 69.7 Å². The van der Waals surface area contributed by atoms with Crippen LogP contribution in [0.3, 0.4) is 0 Å². The summed E-state index contributed by atoms with van der Waals surface area (Å²) < 4.78 is 16.9. The molecule has 5 nitrogen and oxygen atoms in total. The highest BCUT2D eigenvalue weighted by atomic mass is 16.5. The van der Waals surface area contributed by atoms with Crippen LogP contribution in [0.25, 0.3) is 22.5 Å². The van der Waals surface area contributed by atoms with Gasteiger partial charge >= 0.3 is 5.97 Å². The van der Waals surface area contributed by atoms with E-state index in [0.717, 1.165) is 17.5 Å². The molecule has 140 valence electrons. The van der Waals surface area contributed by atoms with Gasteiger partial charge in [0, 0.05) is 0 Å². The summed E-state index contributed by atoms with van der Waals surface area (Å²) in [5, 5.41) is 0.363. The summed E-state index contributed by atoms with van der Waals surface area (Å²) >= 11 is 0.